The van der Waals surface area contributed by atoms with Gasteiger partial charge in [0.25, 0.3) is 5.91 Å². The summed E-state index contributed by atoms with van der Waals surface area (Å²) in [6.07, 6.45) is 3.32. The van der Waals surface area contributed by atoms with Crippen LogP contribution >= 0.6 is 15.9 Å². The Morgan fingerprint density at radius 1 is 1.42 bits per heavy atom. The average Bonchev–Trinajstić information content (AvgIpc) is 2.95. The maximum atomic E-state index is 11.9. The molecule has 0 radical (unpaired) electrons. The van der Waals surface area contributed by atoms with E-state index in [0.717, 1.165) is 11.0 Å². The number of halogens is 1. The molecule has 2 aromatic rings. The number of amides is 1. The van der Waals surface area contributed by atoms with E-state index >= 15 is 0 Å². The van der Waals surface area contributed by atoms with Crippen molar-refractivity contribution in [2.45, 2.75) is 6.92 Å². The first-order valence-electron chi connectivity index (χ1n) is 6.15. The van der Waals surface area contributed by atoms with Gasteiger partial charge < -0.3 is 5.32 Å². The van der Waals surface area contributed by atoms with Crippen LogP contribution in [0.5, 0.6) is 0 Å². The second-order valence-corrected chi connectivity index (χ2v) is 5.13. The zero-order valence-corrected chi connectivity index (χ0v) is 12.3. The van der Waals surface area contributed by atoms with Crippen LogP contribution in [0.1, 0.15) is 17.3 Å². The molecule has 5 heteroatoms. The molecule has 1 amide bonds. The van der Waals surface area contributed by atoms with E-state index in [-0.39, 0.29) is 5.91 Å². The van der Waals surface area contributed by atoms with Gasteiger partial charge in [-0.3, -0.25) is 4.79 Å². The van der Waals surface area contributed by atoms with Crippen LogP contribution in [-0.2, 0) is 0 Å². The lowest BCUT2D eigenvalue weighted by molar-refractivity contribution is 0.0949. The van der Waals surface area contributed by atoms with Gasteiger partial charge in [0.05, 0.1) is 17.4 Å². The Morgan fingerprint density at radius 2 is 2.16 bits per heavy atom. The van der Waals surface area contributed by atoms with Crippen LogP contribution in [0.3, 0.4) is 0 Å². The fourth-order valence-electron chi connectivity index (χ4n) is 1.59. The number of rotatable bonds is 5. The molecule has 0 bridgehead atoms. The van der Waals surface area contributed by atoms with E-state index in [1.165, 1.54) is 0 Å². The van der Waals surface area contributed by atoms with Gasteiger partial charge in [-0.1, -0.05) is 41.1 Å². The summed E-state index contributed by atoms with van der Waals surface area (Å²) in [6.45, 7) is 2.73. The third-order valence-electron chi connectivity index (χ3n) is 2.74. The smallest absolute Gasteiger partial charge is 0.254 e. The lowest BCUT2D eigenvalue weighted by Crippen LogP contribution is -2.28. The Hall–Kier alpha value is -1.62. The Morgan fingerprint density at radius 3 is 2.84 bits per heavy atom. The molecule has 0 saturated carbocycles. The van der Waals surface area contributed by atoms with Gasteiger partial charge in [0.15, 0.2) is 0 Å². The molecule has 0 aliphatic carbocycles. The highest BCUT2D eigenvalue weighted by molar-refractivity contribution is 9.09. The van der Waals surface area contributed by atoms with E-state index in [1.54, 1.807) is 17.1 Å². The van der Waals surface area contributed by atoms with E-state index in [0.29, 0.717) is 18.0 Å². The molecule has 1 aromatic carbocycles. The van der Waals surface area contributed by atoms with Crippen molar-refractivity contribution in [3.05, 3.63) is 48.3 Å². The van der Waals surface area contributed by atoms with Crippen LogP contribution in [0.4, 0.5) is 0 Å². The molecule has 1 unspecified atom stereocenters. The normalized spacial score (nSPS) is 12.1. The van der Waals surface area contributed by atoms with Crippen molar-refractivity contribution in [1.82, 2.24) is 15.1 Å². The minimum atomic E-state index is -0.0880. The fraction of sp³-hybridized carbons (Fsp3) is 0.286. The summed E-state index contributed by atoms with van der Waals surface area (Å²) in [4.78, 5) is 11.9. The first-order chi connectivity index (χ1) is 9.20. The van der Waals surface area contributed by atoms with Gasteiger partial charge >= 0.3 is 0 Å². The van der Waals surface area contributed by atoms with Crippen molar-refractivity contribution in [3.8, 4) is 5.69 Å². The summed E-state index contributed by atoms with van der Waals surface area (Å²) in [6, 6.07) is 9.72. The van der Waals surface area contributed by atoms with Crippen molar-refractivity contribution in [2.75, 3.05) is 11.9 Å². The highest BCUT2D eigenvalue weighted by Crippen LogP contribution is 2.07. The largest absolute Gasteiger partial charge is 0.352 e. The quantitative estimate of drug-likeness (QED) is 0.860. The van der Waals surface area contributed by atoms with Crippen molar-refractivity contribution >= 4 is 21.8 Å². The number of nitrogens with one attached hydrogen (secondary N) is 1. The second kappa shape index (κ2) is 6.52. The van der Waals surface area contributed by atoms with E-state index in [4.69, 9.17) is 0 Å². The molecule has 1 atom stereocenters. The third kappa shape index (κ3) is 3.67. The van der Waals surface area contributed by atoms with E-state index in [1.807, 2.05) is 30.3 Å². The SMILES string of the molecule is CC(CBr)CNC(=O)c1cnn(-c2ccccc2)c1. The van der Waals surface area contributed by atoms with Crippen molar-refractivity contribution in [1.29, 1.82) is 0 Å². The van der Waals surface area contributed by atoms with Gasteiger partial charge in [-0.2, -0.15) is 5.10 Å². The molecule has 1 heterocycles. The Balaban J connectivity index is 2.03. The van der Waals surface area contributed by atoms with Crippen molar-refractivity contribution in [3.63, 3.8) is 0 Å². The molecule has 0 fully saturated rings. The average molecular weight is 322 g/mol. The van der Waals surface area contributed by atoms with Crippen LogP contribution < -0.4 is 5.32 Å². The topological polar surface area (TPSA) is 46.9 Å². The monoisotopic (exact) mass is 321 g/mol. The molecule has 1 aromatic heterocycles. The van der Waals surface area contributed by atoms with Crippen molar-refractivity contribution < 1.29 is 4.79 Å². The van der Waals surface area contributed by atoms with Gasteiger partial charge in [-0.15, -0.1) is 0 Å². The van der Waals surface area contributed by atoms with Crippen molar-refractivity contribution in [2.24, 2.45) is 5.92 Å². The number of aromatic nitrogens is 2. The summed E-state index contributed by atoms with van der Waals surface area (Å²) in [5.74, 6) is 0.322. The number of para-hydroxylation sites is 1. The molecule has 100 valence electrons. The number of benzene rings is 1. The Labute approximate surface area is 120 Å². The highest BCUT2D eigenvalue weighted by Gasteiger charge is 2.10. The summed E-state index contributed by atoms with van der Waals surface area (Å²) in [5, 5.41) is 7.97. The molecule has 0 saturated heterocycles. The molecule has 0 aliphatic rings. The summed E-state index contributed by atoms with van der Waals surface area (Å²) in [5.41, 5.74) is 1.51. The van der Waals surface area contributed by atoms with Crippen LogP contribution in [-0.4, -0.2) is 27.6 Å². The third-order valence-corrected chi connectivity index (χ3v) is 3.85. The predicted molar refractivity (Wildman–Crippen MR) is 78.9 cm³/mol. The zero-order valence-electron chi connectivity index (χ0n) is 10.7. The summed E-state index contributed by atoms with van der Waals surface area (Å²) >= 11 is 3.39. The number of nitrogens with zero attached hydrogens (tertiary/aromatic N) is 2. The molecule has 1 N–H and O–H groups in total. The number of hydrogen-bond donors (Lipinski definition) is 1. The summed E-state index contributed by atoms with van der Waals surface area (Å²) < 4.78 is 1.70. The lowest BCUT2D eigenvalue weighted by atomic mass is 10.2. The van der Waals surface area contributed by atoms with Crippen LogP contribution in [0.2, 0.25) is 0 Å². The van der Waals surface area contributed by atoms with Gasteiger partial charge in [0.1, 0.15) is 0 Å². The number of carbonyl (C=O) groups excluding carboxylic acids is 1. The van der Waals surface area contributed by atoms with Gasteiger partial charge in [0.2, 0.25) is 0 Å². The van der Waals surface area contributed by atoms with Crippen LogP contribution in [0.15, 0.2) is 42.7 Å². The number of alkyl halides is 1. The molecule has 0 spiro atoms. The van der Waals surface area contributed by atoms with E-state index in [9.17, 15) is 4.79 Å². The molecule has 2 rings (SSSR count). The van der Waals surface area contributed by atoms with E-state index in [2.05, 4.69) is 33.3 Å². The lowest BCUT2D eigenvalue weighted by Gasteiger charge is -2.08. The molecular formula is C14H16BrN3O. The van der Waals surface area contributed by atoms with Crippen LogP contribution in [0, 0.1) is 5.92 Å². The molecule has 19 heavy (non-hydrogen) atoms. The minimum Gasteiger partial charge on any atom is -0.352 e. The fourth-order valence-corrected chi connectivity index (χ4v) is 1.81. The minimum absolute atomic E-state index is 0.0880. The summed E-state index contributed by atoms with van der Waals surface area (Å²) in [7, 11) is 0. The number of carbonyl (C=O) groups is 1. The van der Waals surface area contributed by atoms with Crippen LogP contribution in [0.25, 0.3) is 5.69 Å². The Bertz CT molecular complexity index is 539. The second-order valence-electron chi connectivity index (χ2n) is 4.48. The maximum Gasteiger partial charge on any atom is 0.254 e. The molecule has 4 nitrogen and oxygen atoms in total. The first-order valence-corrected chi connectivity index (χ1v) is 7.27. The predicted octanol–water partition coefficient (Wildman–Crippen LogP) is 2.63. The maximum absolute atomic E-state index is 11.9. The standard InChI is InChI=1S/C14H16BrN3O/c1-11(7-15)8-16-14(19)12-9-17-18(10-12)13-5-3-2-4-6-13/h2-6,9-11H,7-8H2,1H3,(H,16,19). The first kappa shape index (κ1) is 13.8. The van der Waals surface area contributed by atoms with Gasteiger partial charge in [-0.25, -0.2) is 4.68 Å². The van der Waals surface area contributed by atoms with Gasteiger partial charge in [-0.05, 0) is 18.1 Å². The Kier molecular flexibility index (Phi) is 4.74. The number of hydrogen-bond acceptors (Lipinski definition) is 2. The van der Waals surface area contributed by atoms with Gasteiger partial charge in [0, 0.05) is 18.1 Å². The molecular weight excluding hydrogens is 306 g/mol. The zero-order chi connectivity index (χ0) is 13.7. The highest BCUT2D eigenvalue weighted by atomic mass is 79.9. The van der Waals surface area contributed by atoms with E-state index < -0.39 is 0 Å². The molecule has 0 aliphatic heterocycles.